The molecule has 4 atom stereocenters. The average molecular weight is 499 g/mol. The van der Waals surface area contributed by atoms with E-state index in [9.17, 15) is 19.5 Å². The third-order valence-corrected chi connectivity index (χ3v) is 5.22. The van der Waals surface area contributed by atoms with Gasteiger partial charge in [-0.3, -0.25) is 9.69 Å². The van der Waals surface area contributed by atoms with Crippen LogP contribution >= 0.6 is 22.6 Å². The Kier molecular flexibility index (Phi) is 7.92. The molecule has 0 bridgehead atoms. The first-order valence-corrected chi connectivity index (χ1v) is 10.2. The van der Waals surface area contributed by atoms with E-state index < -0.39 is 45.3 Å². The second-order valence-corrected chi connectivity index (χ2v) is 9.47. The minimum absolute atomic E-state index is 0.0479. The lowest BCUT2D eigenvalue weighted by Gasteiger charge is -2.44. The predicted octanol–water partition coefficient (Wildman–Crippen LogP) is 2.29. The van der Waals surface area contributed by atoms with E-state index in [1.807, 2.05) is 22.6 Å². The van der Waals surface area contributed by atoms with Crippen LogP contribution in [0.3, 0.4) is 0 Å². The van der Waals surface area contributed by atoms with Crippen molar-refractivity contribution in [3.05, 3.63) is 0 Å². The van der Waals surface area contributed by atoms with Crippen LogP contribution in [-0.4, -0.2) is 68.5 Å². The van der Waals surface area contributed by atoms with Crippen LogP contribution in [0, 0.1) is 5.92 Å². The number of rotatable bonds is 5. The smallest absolute Gasteiger partial charge is 0.411 e. The van der Waals surface area contributed by atoms with Crippen molar-refractivity contribution < 1.29 is 33.7 Å². The Bertz CT molecular complexity index is 575. The standard InChI is InChI=1S/C18H30INO7/c1-8-25-15(23)18(14(10(2)3)26-11(4)21)13(22)12(19)9-20(18)16(24)27-17(5,6)7/h10,12-14,22H,8-9H2,1-7H3/t12-,13+,14+,18+/m1/s1. The van der Waals surface area contributed by atoms with Gasteiger partial charge in [-0.15, -0.1) is 0 Å². The first-order valence-electron chi connectivity index (χ1n) is 8.96. The van der Waals surface area contributed by atoms with Crippen LogP contribution in [0.1, 0.15) is 48.5 Å². The monoisotopic (exact) mass is 499 g/mol. The van der Waals surface area contributed by atoms with E-state index in [0.29, 0.717) is 0 Å². The second-order valence-electron chi connectivity index (χ2n) is 7.87. The molecule has 1 saturated heterocycles. The van der Waals surface area contributed by atoms with Crippen molar-refractivity contribution in [3.8, 4) is 0 Å². The highest BCUT2D eigenvalue weighted by Crippen LogP contribution is 2.42. The molecule has 0 radical (unpaired) electrons. The number of amides is 1. The number of aliphatic hydroxyl groups excluding tert-OH is 1. The molecular formula is C18H30INO7. The molecule has 156 valence electrons. The zero-order chi connectivity index (χ0) is 21.2. The fourth-order valence-electron chi connectivity index (χ4n) is 3.23. The van der Waals surface area contributed by atoms with Crippen molar-refractivity contribution in [1.29, 1.82) is 0 Å². The van der Waals surface area contributed by atoms with Crippen LogP contribution in [0.2, 0.25) is 0 Å². The molecule has 1 N–H and O–H groups in total. The molecule has 0 aromatic heterocycles. The SMILES string of the molecule is CCOC(=O)[C@@]1([C@@H](OC(C)=O)C(C)C)[C@@H](O)[C@H](I)CN1C(=O)OC(C)(C)C. The van der Waals surface area contributed by atoms with Gasteiger partial charge in [0, 0.05) is 13.5 Å². The lowest BCUT2D eigenvalue weighted by molar-refractivity contribution is -0.184. The van der Waals surface area contributed by atoms with E-state index in [4.69, 9.17) is 14.2 Å². The van der Waals surface area contributed by atoms with Crippen molar-refractivity contribution >= 4 is 40.6 Å². The van der Waals surface area contributed by atoms with Gasteiger partial charge in [0.25, 0.3) is 0 Å². The van der Waals surface area contributed by atoms with Crippen LogP contribution in [0.5, 0.6) is 0 Å². The molecule has 1 heterocycles. The summed E-state index contributed by atoms with van der Waals surface area (Å²) in [5.41, 5.74) is -2.69. The van der Waals surface area contributed by atoms with Gasteiger partial charge in [-0.2, -0.15) is 0 Å². The third kappa shape index (κ3) is 5.04. The summed E-state index contributed by atoms with van der Waals surface area (Å²) in [6.45, 7) is 11.6. The Labute approximate surface area is 174 Å². The van der Waals surface area contributed by atoms with Gasteiger partial charge in [0.1, 0.15) is 17.8 Å². The minimum Gasteiger partial charge on any atom is -0.464 e. The van der Waals surface area contributed by atoms with Gasteiger partial charge in [0.05, 0.1) is 10.5 Å². The Hall–Kier alpha value is -1.10. The maximum absolute atomic E-state index is 13.1. The number of likely N-dealkylation sites (tertiary alicyclic amines) is 1. The van der Waals surface area contributed by atoms with Crippen molar-refractivity contribution in [3.63, 3.8) is 0 Å². The molecule has 9 heteroatoms. The maximum atomic E-state index is 13.1. The van der Waals surface area contributed by atoms with Gasteiger partial charge in [-0.05, 0) is 33.6 Å². The fraction of sp³-hybridized carbons (Fsp3) is 0.833. The van der Waals surface area contributed by atoms with Gasteiger partial charge in [0.2, 0.25) is 5.54 Å². The van der Waals surface area contributed by atoms with Gasteiger partial charge in [0.15, 0.2) is 0 Å². The zero-order valence-corrected chi connectivity index (χ0v) is 19.1. The summed E-state index contributed by atoms with van der Waals surface area (Å²) in [4.78, 5) is 38.9. The number of ether oxygens (including phenoxy) is 3. The summed E-state index contributed by atoms with van der Waals surface area (Å²) >= 11 is 1.97. The highest BCUT2D eigenvalue weighted by Gasteiger charge is 2.67. The van der Waals surface area contributed by atoms with Crippen LogP contribution in [0.15, 0.2) is 0 Å². The van der Waals surface area contributed by atoms with E-state index in [2.05, 4.69) is 0 Å². The van der Waals surface area contributed by atoms with Crippen molar-refractivity contribution in [2.75, 3.05) is 13.2 Å². The van der Waals surface area contributed by atoms with E-state index in [1.54, 1.807) is 41.5 Å². The molecule has 0 saturated carbocycles. The summed E-state index contributed by atoms with van der Waals surface area (Å²) in [6, 6.07) is 0. The molecule has 1 fully saturated rings. The summed E-state index contributed by atoms with van der Waals surface area (Å²) in [6.07, 6.45) is -3.17. The second kappa shape index (κ2) is 8.93. The van der Waals surface area contributed by atoms with Crippen LogP contribution in [0.25, 0.3) is 0 Å². The number of nitrogens with zero attached hydrogens (tertiary/aromatic N) is 1. The molecular weight excluding hydrogens is 469 g/mol. The minimum atomic E-state index is -1.88. The van der Waals surface area contributed by atoms with E-state index in [1.165, 1.54) is 6.92 Å². The molecule has 0 spiro atoms. The zero-order valence-electron chi connectivity index (χ0n) is 16.9. The maximum Gasteiger partial charge on any atom is 0.411 e. The molecule has 1 amide bonds. The Morgan fingerprint density at radius 2 is 1.85 bits per heavy atom. The lowest BCUT2D eigenvalue weighted by atomic mass is 9.81. The van der Waals surface area contributed by atoms with Crippen LogP contribution < -0.4 is 0 Å². The summed E-state index contributed by atoms with van der Waals surface area (Å²) in [5, 5.41) is 11.0. The largest absolute Gasteiger partial charge is 0.464 e. The number of carbonyl (C=O) groups excluding carboxylic acids is 3. The van der Waals surface area contributed by atoms with Gasteiger partial charge < -0.3 is 19.3 Å². The van der Waals surface area contributed by atoms with E-state index >= 15 is 0 Å². The normalized spacial score (nSPS) is 26.7. The molecule has 0 unspecified atom stereocenters. The molecule has 0 aliphatic carbocycles. The Balaban J connectivity index is 3.59. The number of halogens is 1. The lowest BCUT2D eigenvalue weighted by Crippen LogP contribution is -2.68. The van der Waals surface area contributed by atoms with Crippen molar-refractivity contribution in [2.45, 2.75) is 75.7 Å². The molecule has 8 nitrogen and oxygen atoms in total. The highest BCUT2D eigenvalue weighted by atomic mass is 127. The Morgan fingerprint density at radius 1 is 1.30 bits per heavy atom. The molecule has 1 aliphatic rings. The number of aliphatic hydroxyl groups is 1. The molecule has 1 rings (SSSR count). The average Bonchev–Trinajstić information content (AvgIpc) is 2.76. The summed E-state index contributed by atoms with van der Waals surface area (Å²) in [7, 11) is 0. The molecule has 1 aliphatic heterocycles. The van der Waals surface area contributed by atoms with Gasteiger partial charge >= 0.3 is 18.0 Å². The van der Waals surface area contributed by atoms with E-state index in [-0.39, 0.29) is 19.1 Å². The molecule has 0 aromatic rings. The predicted molar refractivity (Wildman–Crippen MR) is 107 cm³/mol. The quantitative estimate of drug-likeness (QED) is 0.268. The molecule has 27 heavy (non-hydrogen) atoms. The number of alkyl halides is 1. The van der Waals surface area contributed by atoms with Crippen molar-refractivity contribution in [2.24, 2.45) is 5.92 Å². The van der Waals surface area contributed by atoms with E-state index in [0.717, 1.165) is 4.90 Å². The first kappa shape index (κ1) is 23.9. The topological polar surface area (TPSA) is 102 Å². The number of esters is 2. The fourth-order valence-corrected chi connectivity index (χ4v) is 4.17. The van der Waals surface area contributed by atoms with Crippen molar-refractivity contribution in [1.82, 2.24) is 4.90 Å². The Morgan fingerprint density at radius 3 is 2.26 bits per heavy atom. The van der Waals surface area contributed by atoms with Crippen LogP contribution in [0.4, 0.5) is 4.79 Å². The summed E-state index contributed by atoms with van der Waals surface area (Å²) in [5.74, 6) is -1.81. The van der Waals surface area contributed by atoms with Crippen LogP contribution in [-0.2, 0) is 23.8 Å². The number of carbonyl (C=O) groups is 3. The first-order chi connectivity index (χ1) is 12.3. The van der Waals surface area contributed by atoms with Gasteiger partial charge in [-0.25, -0.2) is 9.59 Å². The molecule has 0 aromatic carbocycles. The highest BCUT2D eigenvalue weighted by molar-refractivity contribution is 14.1. The number of hydrogen-bond donors (Lipinski definition) is 1. The summed E-state index contributed by atoms with van der Waals surface area (Å²) < 4.78 is 15.7. The third-order valence-electron chi connectivity index (χ3n) is 4.15. The van der Waals surface area contributed by atoms with Gasteiger partial charge in [-0.1, -0.05) is 36.4 Å². The number of hydrogen-bond acceptors (Lipinski definition) is 7.